The van der Waals surface area contributed by atoms with Gasteiger partial charge in [-0.15, -0.1) is 0 Å². The molecule has 0 heterocycles. The fourth-order valence-corrected chi connectivity index (χ4v) is 5.11. The molecular formula is C33H50O7. The number of aryl methyl sites for hydroxylation is 1. The van der Waals surface area contributed by atoms with Crippen molar-refractivity contribution in [2.75, 3.05) is 33.0 Å². The Morgan fingerprint density at radius 1 is 0.850 bits per heavy atom. The third kappa shape index (κ3) is 13.1. The molecule has 7 heteroatoms. The Morgan fingerprint density at radius 2 is 1.40 bits per heavy atom. The fraction of sp³-hybridized carbons (Fsp3) is 0.636. The number of unbranched alkanes of at least 4 members (excludes halogenated alkanes) is 2. The Balaban J connectivity index is 1.67. The van der Waals surface area contributed by atoms with Crippen LogP contribution in [0.15, 0.2) is 48.6 Å². The molecule has 1 fully saturated rings. The quantitative estimate of drug-likeness (QED) is 0.116. The van der Waals surface area contributed by atoms with Crippen molar-refractivity contribution in [3.8, 4) is 5.75 Å². The molecular weight excluding hydrogens is 508 g/mol. The maximum atomic E-state index is 11.9. The van der Waals surface area contributed by atoms with Gasteiger partial charge in [0.15, 0.2) is 0 Å². The van der Waals surface area contributed by atoms with Crippen molar-refractivity contribution in [2.45, 2.75) is 84.0 Å². The van der Waals surface area contributed by atoms with Crippen LogP contribution in [0.4, 0.5) is 0 Å². The summed E-state index contributed by atoms with van der Waals surface area (Å²) in [4.78, 5) is 23.8. The first-order valence-corrected chi connectivity index (χ1v) is 15.0. The second-order valence-electron chi connectivity index (χ2n) is 11.1. The second kappa shape index (κ2) is 19.4. The molecule has 0 saturated heterocycles. The van der Waals surface area contributed by atoms with Crippen molar-refractivity contribution in [3.63, 3.8) is 0 Å². The van der Waals surface area contributed by atoms with Crippen LogP contribution >= 0.6 is 0 Å². The van der Waals surface area contributed by atoms with E-state index >= 15 is 0 Å². The lowest BCUT2D eigenvalue weighted by Gasteiger charge is -2.29. The molecule has 1 aromatic carbocycles. The predicted octanol–water partition coefficient (Wildman–Crippen LogP) is 5.96. The van der Waals surface area contributed by atoms with Crippen LogP contribution in [-0.4, -0.2) is 55.2 Å². The van der Waals surface area contributed by atoms with Gasteiger partial charge in [-0.05, 0) is 68.1 Å². The fourth-order valence-electron chi connectivity index (χ4n) is 5.11. The number of esters is 2. The summed E-state index contributed by atoms with van der Waals surface area (Å²) in [6, 6.07) is 8.55. The molecule has 2 N–H and O–H groups in total. The summed E-state index contributed by atoms with van der Waals surface area (Å²) in [5.74, 6) is 0.802. The van der Waals surface area contributed by atoms with Gasteiger partial charge in [-0.25, -0.2) is 9.59 Å². The average Bonchev–Trinajstić information content (AvgIpc) is 2.99. The van der Waals surface area contributed by atoms with Crippen LogP contribution in [0.3, 0.4) is 0 Å². The van der Waals surface area contributed by atoms with Crippen LogP contribution in [0.1, 0.15) is 83.1 Å². The minimum atomic E-state index is -0.650. The van der Waals surface area contributed by atoms with E-state index in [0.717, 1.165) is 44.0 Å². The Morgan fingerprint density at radius 3 is 1.93 bits per heavy atom. The van der Waals surface area contributed by atoms with Gasteiger partial charge in [0, 0.05) is 5.92 Å². The van der Waals surface area contributed by atoms with Gasteiger partial charge in [0.05, 0.1) is 44.2 Å². The normalized spacial score (nSPS) is 16.9. The number of carbonyl (C=O) groups is 2. The summed E-state index contributed by atoms with van der Waals surface area (Å²) in [5.41, 5.74) is 1.36. The summed E-state index contributed by atoms with van der Waals surface area (Å²) in [6.45, 7) is 9.18. The van der Waals surface area contributed by atoms with Gasteiger partial charge in [-0.2, -0.15) is 0 Å². The van der Waals surface area contributed by atoms with Crippen molar-refractivity contribution in [3.05, 3.63) is 54.1 Å². The summed E-state index contributed by atoms with van der Waals surface area (Å²) in [7, 11) is 0. The van der Waals surface area contributed by atoms with Crippen LogP contribution in [0.5, 0.6) is 5.75 Å². The number of aliphatic hydroxyl groups is 2. The number of carbonyl (C=O) groups excluding carboxylic acids is 2. The van der Waals surface area contributed by atoms with Crippen LogP contribution < -0.4 is 4.74 Å². The highest BCUT2D eigenvalue weighted by Crippen LogP contribution is 2.34. The van der Waals surface area contributed by atoms with Gasteiger partial charge in [-0.1, -0.05) is 70.7 Å². The van der Waals surface area contributed by atoms with Crippen LogP contribution in [0.25, 0.3) is 0 Å². The first-order valence-electron chi connectivity index (χ1n) is 15.0. The number of rotatable bonds is 20. The van der Waals surface area contributed by atoms with E-state index < -0.39 is 25.2 Å². The van der Waals surface area contributed by atoms with Gasteiger partial charge < -0.3 is 24.4 Å². The average molecular weight is 559 g/mol. The molecule has 40 heavy (non-hydrogen) atoms. The largest absolute Gasteiger partial charge is 0.494 e. The molecule has 1 aliphatic rings. The van der Waals surface area contributed by atoms with E-state index in [0.29, 0.717) is 5.92 Å². The van der Waals surface area contributed by atoms with Gasteiger partial charge in [0.1, 0.15) is 5.75 Å². The predicted molar refractivity (Wildman–Crippen MR) is 157 cm³/mol. The third-order valence-electron chi connectivity index (χ3n) is 7.83. The number of hydrogen-bond acceptors (Lipinski definition) is 7. The van der Waals surface area contributed by atoms with Gasteiger partial charge in [-0.3, -0.25) is 0 Å². The van der Waals surface area contributed by atoms with Crippen molar-refractivity contribution in [1.82, 2.24) is 0 Å². The lowest BCUT2D eigenvalue weighted by molar-refractivity contribution is -0.144. The molecule has 0 amide bonds. The molecule has 0 bridgehead atoms. The Bertz CT molecular complexity index is 868. The van der Waals surface area contributed by atoms with E-state index in [-0.39, 0.29) is 30.3 Å². The van der Waals surface area contributed by atoms with E-state index in [4.69, 9.17) is 24.4 Å². The van der Waals surface area contributed by atoms with Crippen molar-refractivity contribution in [1.29, 1.82) is 0 Å². The number of benzene rings is 1. The number of hydrogen-bond donors (Lipinski definition) is 2. The summed E-state index contributed by atoms with van der Waals surface area (Å²) in [5, 5.41) is 18.2. The van der Waals surface area contributed by atoms with Gasteiger partial charge in [0.2, 0.25) is 0 Å². The first kappa shape index (κ1) is 33.6. The summed E-state index contributed by atoms with van der Waals surface area (Å²) in [6.07, 6.45) is 13.6. The Labute approximate surface area is 240 Å². The third-order valence-corrected chi connectivity index (χ3v) is 7.83. The van der Waals surface area contributed by atoms with E-state index in [1.54, 1.807) is 0 Å². The van der Waals surface area contributed by atoms with Gasteiger partial charge >= 0.3 is 11.9 Å². The minimum absolute atomic E-state index is 0.0103. The monoisotopic (exact) mass is 558 g/mol. The Kier molecular flexibility index (Phi) is 16.3. The molecule has 0 spiro atoms. The molecule has 0 radical (unpaired) electrons. The molecule has 1 aliphatic carbocycles. The minimum Gasteiger partial charge on any atom is -0.494 e. The standard InChI is InChI=1S/C33H50O7/c1-4-5-6-8-27-16-18-31(19-17-27)38-20-7-9-28-10-12-29(13-11-28)14-15-30(23-39-32(36)25(2)21-34)24-40-33(37)26(3)22-35/h16-19,28-30,34-35H,2-15,20-24H2,1H3. The van der Waals surface area contributed by atoms with E-state index in [9.17, 15) is 9.59 Å². The number of aliphatic hydroxyl groups excluding tert-OH is 2. The highest BCUT2D eigenvalue weighted by Gasteiger charge is 2.23. The van der Waals surface area contributed by atoms with Crippen LogP contribution in [0.2, 0.25) is 0 Å². The highest BCUT2D eigenvalue weighted by molar-refractivity contribution is 5.88. The van der Waals surface area contributed by atoms with Crippen molar-refractivity contribution in [2.24, 2.45) is 17.8 Å². The Hall–Kier alpha value is -2.64. The maximum absolute atomic E-state index is 11.9. The maximum Gasteiger partial charge on any atom is 0.335 e. The van der Waals surface area contributed by atoms with E-state index in [2.05, 4.69) is 44.3 Å². The molecule has 2 rings (SSSR count). The molecule has 1 aromatic rings. The zero-order chi connectivity index (χ0) is 29.2. The SMILES string of the molecule is C=C(CO)C(=O)OCC(CCC1CCC(CCCOc2ccc(CCCCC)cc2)CC1)COC(=O)C(=C)CO. The summed E-state index contributed by atoms with van der Waals surface area (Å²) < 4.78 is 16.5. The summed E-state index contributed by atoms with van der Waals surface area (Å²) >= 11 is 0. The zero-order valence-corrected chi connectivity index (χ0v) is 24.4. The first-order chi connectivity index (χ1) is 19.4. The zero-order valence-electron chi connectivity index (χ0n) is 24.4. The number of ether oxygens (including phenoxy) is 3. The highest BCUT2D eigenvalue weighted by atomic mass is 16.5. The molecule has 0 aromatic heterocycles. The van der Waals surface area contributed by atoms with Crippen LogP contribution in [-0.2, 0) is 25.5 Å². The molecule has 0 aliphatic heterocycles. The van der Waals surface area contributed by atoms with Crippen molar-refractivity contribution >= 4 is 11.9 Å². The lowest BCUT2D eigenvalue weighted by atomic mass is 9.77. The molecule has 224 valence electrons. The molecule has 1 saturated carbocycles. The van der Waals surface area contributed by atoms with Crippen molar-refractivity contribution < 1.29 is 34.0 Å². The van der Waals surface area contributed by atoms with Gasteiger partial charge in [0.25, 0.3) is 0 Å². The smallest absolute Gasteiger partial charge is 0.335 e. The van der Waals surface area contributed by atoms with E-state index in [1.165, 1.54) is 56.9 Å². The second-order valence-corrected chi connectivity index (χ2v) is 11.1. The lowest BCUT2D eigenvalue weighted by Crippen LogP contribution is -2.24. The molecule has 0 atom stereocenters. The molecule has 7 nitrogen and oxygen atoms in total. The van der Waals surface area contributed by atoms with E-state index in [1.807, 2.05) is 0 Å². The van der Waals surface area contributed by atoms with Crippen LogP contribution in [0, 0.1) is 17.8 Å². The molecule has 0 unspecified atom stereocenters. The topological polar surface area (TPSA) is 102 Å².